The number of amides is 1. The van der Waals surface area contributed by atoms with Gasteiger partial charge in [0.05, 0.1) is 25.4 Å². The van der Waals surface area contributed by atoms with Crippen LogP contribution in [0.25, 0.3) is 0 Å². The highest BCUT2D eigenvalue weighted by molar-refractivity contribution is 6.39. The molecule has 5 rings (SSSR count). The first-order chi connectivity index (χ1) is 33.8. The molecule has 2 saturated heterocycles. The minimum atomic E-state index is -2.43. The second-order valence-corrected chi connectivity index (χ2v) is 21.1. The fourth-order valence-corrected chi connectivity index (χ4v) is 10.9. The fourth-order valence-electron chi connectivity index (χ4n) is 10.9. The number of allylic oxidation sites excluding steroid dienone is 5. The van der Waals surface area contributed by atoms with E-state index in [-0.39, 0.29) is 48.6 Å². The normalized spacial score (nSPS) is 37.8. The molecule has 71 heavy (non-hydrogen) atoms. The second kappa shape index (κ2) is 27.2. The van der Waals surface area contributed by atoms with Crippen LogP contribution in [0, 0.1) is 29.6 Å². The number of rotatable bonds is 8. The Kier molecular flexibility index (Phi) is 22.1. The Morgan fingerprint density at radius 3 is 2.28 bits per heavy atom. The fraction of sp³-hybridized carbons (Fsp3) is 0.679. The molecule has 1 saturated carbocycles. The number of nitrogens with zero attached hydrogens (tertiary/aromatic N) is 1. The molecule has 3 fully saturated rings. The number of hydrogen-bond donors (Lipinski definition) is 5. The number of carbonyl (C=O) groups is 4. The summed E-state index contributed by atoms with van der Waals surface area (Å²) < 4.78 is 29.4. The number of aliphatic hydroxyl groups excluding tert-OH is 2. The molecule has 1 aromatic rings. The third kappa shape index (κ3) is 15.6. The van der Waals surface area contributed by atoms with E-state index in [1.54, 1.807) is 34.1 Å². The highest BCUT2D eigenvalue weighted by Crippen LogP contribution is 2.38. The van der Waals surface area contributed by atoms with E-state index in [1.807, 2.05) is 82.3 Å². The number of ketones is 2. The van der Waals surface area contributed by atoms with Crippen molar-refractivity contribution in [1.29, 1.82) is 0 Å². The number of carbonyl (C=O) groups excluding carboxylic acids is 4. The summed E-state index contributed by atoms with van der Waals surface area (Å²) in [4.78, 5) is 58.5. The van der Waals surface area contributed by atoms with Crippen molar-refractivity contribution in [2.24, 2.45) is 35.3 Å². The van der Waals surface area contributed by atoms with Gasteiger partial charge in [-0.25, -0.2) is 4.79 Å². The number of esters is 1. The van der Waals surface area contributed by atoms with Gasteiger partial charge in [-0.15, -0.1) is 0 Å². The average molecular weight is 992 g/mol. The van der Waals surface area contributed by atoms with Crippen molar-refractivity contribution >= 4 is 29.1 Å². The predicted molar refractivity (Wildman–Crippen MR) is 273 cm³/mol. The molecule has 0 aromatic heterocycles. The van der Waals surface area contributed by atoms with E-state index in [1.165, 1.54) is 12.0 Å². The van der Waals surface area contributed by atoms with E-state index >= 15 is 0 Å². The number of ether oxygens (including phenoxy) is 5. The number of nitrogens with two attached hydrogens (primary N) is 1. The molecule has 3 heterocycles. The maximum Gasteiger partial charge on any atom is 0.329 e. The molecule has 15 nitrogen and oxygen atoms in total. The van der Waals surface area contributed by atoms with E-state index < -0.39 is 77.9 Å². The minimum Gasteiger partial charge on any atom is -0.497 e. The molecule has 15 heteroatoms. The molecule has 0 spiro atoms. The number of methoxy groups -OCH3 is 3. The van der Waals surface area contributed by atoms with Crippen LogP contribution in [0.4, 0.5) is 5.69 Å². The number of aliphatic hydroxyl groups is 3. The van der Waals surface area contributed by atoms with Crippen LogP contribution in [0.15, 0.2) is 71.9 Å². The third-order valence-corrected chi connectivity index (χ3v) is 15.5. The van der Waals surface area contributed by atoms with Gasteiger partial charge < -0.3 is 55.0 Å². The van der Waals surface area contributed by atoms with Gasteiger partial charge in [0.15, 0.2) is 5.78 Å². The molecule has 1 amide bonds. The average Bonchev–Trinajstić information content (AvgIpc) is 3.35. The lowest BCUT2D eigenvalue weighted by Crippen LogP contribution is -2.61. The van der Waals surface area contributed by atoms with Gasteiger partial charge in [0.2, 0.25) is 5.79 Å². The minimum absolute atomic E-state index is 0.0272. The van der Waals surface area contributed by atoms with E-state index in [4.69, 9.17) is 29.4 Å². The zero-order valence-electron chi connectivity index (χ0n) is 43.8. The van der Waals surface area contributed by atoms with Crippen molar-refractivity contribution in [2.45, 2.75) is 186 Å². The molecule has 15 atom stereocenters. The molecular formula is C56H85N3O12. The lowest BCUT2D eigenvalue weighted by atomic mass is 9.78. The first kappa shape index (κ1) is 57.7. The number of piperidine rings is 1. The van der Waals surface area contributed by atoms with E-state index in [9.17, 15) is 34.5 Å². The molecule has 6 N–H and O–H groups in total. The van der Waals surface area contributed by atoms with Crippen molar-refractivity contribution in [3.05, 3.63) is 71.9 Å². The van der Waals surface area contributed by atoms with Crippen LogP contribution >= 0.6 is 0 Å². The Morgan fingerprint density at radius 1 is 0.859 bits per heavy atom. The van der Waals surface area contributed by atoms with Gasteiger partial charge in [-0.3, -0.25) is 14.4 Å². The van der Waals surface area contributed by atoms with Crippen LogP contribution in [0.5, 0.6) is 5.75 Å². The molecule has 8 unspecified atom stereocenters. The lowest BCUT2D eigenvalue weighted by molar-refractivity contribution is -0.263. The van der Waals surface area contributed by atoms with E-state index in [0.717, 1.165) is 17.7 Å². The van der Waals surface area contributed by atoms with Gasteiger partial charge in [0.25, 0.3) is 11.7 Å². The van der Waals surface area contributed by atoms with Crippen molar-refractivity contribution < 1.29 is 58.2 Å². The number of hydrogen-bond acceptors (Lipinski definition) is 14. The number of fused-ring (bicyclic) bond motifs is 3. The van der Waals surface area contributed by atoms with Gasteiger partial charge in [0.1, 0.15) is 30.1 Å². The molecule has 4 aliphatic rings. The molecule has 3 aliphatic heterocycles. The van der Waals surface area contributed by atoms with Gasteiger partial charge in [-0.1, -0.05) is 69.7 Å². The zero-order valence-corrected chi connectivity index (χ0v) is 43.8. The van der Waals surface area contributed by atoms with Crippen LogP contribution in [-0.4, -0.2) is 132 Å². The first-order valence-corrected chi connectivity index (χ1v) is 26.1. The molecule has 1 aromatic carbocycles. The highest BCUT2D eigenvalue weighted by atomic mass is 16.6. The summed E-state index contributed by atoms with van der Waals surface area (Å²) in [6.07, 6.45) is 13.8. The van der Waals surface area contributed by atoms with Gasteiger partial charge in [0, 0.05) is 50.4 Å². The summed E-state index contributed by atoms with van der Waals surface area (Å²) >= 11 is 0. The summed E-state index contributed by atoms with van der Waals surface area (Å²) in [5.74, 6) is -5.73. The number of cyclic esters (lactones) is 1. The Bertz CT molecular complexity index is 2040. The van der Waals surface area contributed by atoms with E-state index in [0.29, 0.717) is 82.0 Å². The van der Waals surface area contributed by atoms with Gasteiger partial charge in [-0.05, 0) is 145 Å². The van der Waals surface area contributed by atoms with Crippen LogP contribution in [0.1, 0.15) is 125 Å². The quantitative estimate of drug-likeness (QED) is 0.0993. The lowest BCUT2D eigenvalue weighted by Gasteiger charge is -2.43. The number of nitrogens with one attached hydrogen (secondary N) is 1. The zero-order chi connectivity index (χ0) is 52.0. The van der Waals surface area contributed by atoms with Crippen LogP contribution in [0.2, 0.25) is 0 Å². The van der Waals surface area contributed by atoms with E-state index in [2.05, 4.69) is 5.32 Å². The Morgan fingerprint density at radius 2 is 1.59 bits per heavy atom. The second-order valence-electron chi connectivity index (χ2n) is 21.1. The van der Waals surface area contributed by atoms with Crippen LogP contribution in [0.3, 0.4) is 0 Å². The third-order valence-electron chi connectivity index (χ3n) is 15.5. The first-order valence-electron chi connectivity index (χ1n) is 26.1. The van der Waals surface area contributed by atoms with Crippen LogP contribution < -0.4 is 15.8 Å². The summed E-state index contributed by atoms with van der Waals surface area (Å²) in [5, 5.41) is 37.8. The van der Waals surface area contributed by atoms with Crippen molar-refractivity contribution in [3.8, 4) is 5.75 Å². The summed E-state index contributed by atoms with van der Waals surface area (Å²) in [7, 11) is 4.61. The molecule has 396 valence electrons. The van der Waals surface area contributed by atoms with Crippen molar-refractivity contribution in [2.75, 3.05) is 33.2 Å². The Balaban J connectivity index is 1.48. The largest absolute Gasteiger partial charge is 0.497 e. The maximum atomic E-state index is 14.5. The summed E-state index contributed by atoms with van der Waals surface area (Å²) in [6.45, 7) is 11.4. The Labute approximate surface area is 422 Å². The van der Waals surface area contributed by atoms with Gasteiger partial charge >= 0.3 is 5.97 Å². The highest BCUT2D eigenvalue weighted by Gasteiger charge is 2.53. The maximum absolute atomic E-state index is 14.5. The molecular weight excluding hydrogens is 907 g/mol. The van der Waals surface area contributed by atoms with Crippen molar-refractivity contribution in [3.63, 3.8) is 0 Å². The summed E-state index contributed by atoms with van der Waals surface area (Å²) in [5.41, 5.74) is 8.96. The summed E-state index contributed by atoms with van der Waals surface area (Å²) in [6, 6.07) is 5.56. The topological polar surface area (TPSA) is 216 Å². The number of anilines is 1. The number of Topliss-reactive ketones (excluding diaryl/α,β-unsaturated/α-hetero) is 2. The van der Waals surface area contributed by atoms with Crippen molar-refractivity contribution in [1.82, 2.24) is 4.90 Å². The Hall–Kier alpha value is -4.22. The SMILES string of the molecule is COc1ccc(NC2C[C@@H]3CCC(C)C(O)(O3)C(=O)C(=O)N3CCCCC3C(=O)O[C@H]([C@H](C)CC3CC[C@@H](O)C(OC)C3)CC[C@H](N)/C=C(\C)C(O)[C@@H](OC)C(=O)C(C)C[C@H](C)/C=C/C=C/C=C/2C)cc1. The van der Waals surface area contributed by atoms with Gasteiger partial charge in [-0.2, -0.15) is 0 Å². The number of benzene rings is 1. The monoisotopic (exact) mass is 992 g/mol. The predicted octanol–water partition coefficient (Wildman–Crippen LogP) is 7.17. The molecule has 1 aliphatic carbocycles. The molecule has 2 bridgehead atoms. The smallest absolute Gasteiger partial charge is 0.329 e. The standard InChI is InChI=1S/C56H85N3O12/c1-34-15-11-10-12-16-35(2)45(58-42-21-24-43(67-7)25-22-42)33-44-23-18-39(6)56(66,71-44)53(63)54(64)59-28-14-13-17-46(59)55(65)70-48(36(3)30-40-19-26-47(60)49(32-40)68-8)27-20-41(57)31-38(5)51(62)52(69-9)50(61)37(4)29-34/h10-12,15-16,21-22,24-25,31,34,36-37,39-41,44-49,51-52,58,60,62,66H,13-14,17-20,23,26-30,32-33,57H2,1-9H3/b12-10+,15-11+,35-16+,38-31+/t34-,36-,37?,39?,40?,41+,44+,45?,46?,47-,48+,49?,51?,52+,56?/m1/s1. The van der Waals surface area contributed by atoms with Crippen LogP contribution in [-0.2, 0) is 38.1 Å². The molecule has 0 radical (unpaired) electrons.